The molecule has 0 atom stereocenters. The highest BCUT2D eigenvalue weighted by atomic mass is 79.9. The molecule has 0 bridgehead atoms. The van der Waals surface area contributed by atoms with Gasteiger partial charge in [-0.15, -0.1) is 0 Å². The lowest BCUT2D eigenvalue weighted by Gasteiger charge is -2.22. The number of nitrogens with one attached hydrogen (secondary N) is 1. The number of benzene rings is 7. The number of nitrogens with zero attached hydrogens (tertiary/aromatic N) is 2. The number of aromatic nitrogens is 3. The van der Waals surface area contributed by atoms with Crippen molar-refractivity contribution in [3.63, 3.8) is 0 Å². The van der Waals surface area contributed by atoms with Crippen LogP contribution in [0.5, 0.6) is 0 Å². The molecule has 12 aromatic rings. The third-order valence-corrected chi connectivity index (χ3v) is 16.0. The minimum absolute atomic E-state index is 0.0187. The molecule has 4 heteroatoms. The number of aromatic amines is 1. The fraction of sp³-hybridized carbons (Fsp3) is 0.323. The van der Waals surface area contributed by atoms with Crippen LogP contribution in [0.1, 0.15) is 132 Å². The molecule has 332 valence electrons. The third-order valence-electron chi connectivity index (χ3n) is 15.3. The Bertz CT molecular complexity index is 4050. The number of fused-ring (bicyclic) bond motifs is 16. The summed E-state index contributed by atoms with van der Waals surface area (Å²) in [6.45, 7) is 35.0. The molecule has 0 aliphatic rings. The van der Waals surface area contributed by atoms with Crippen molar-refractivity contribution in [1.29, 1.82) is 0 Å². The Labute approximate surface area is 397 Å². The first-order valence-corrected chi connectivity index (χ1v) is 24.8. The first kappa shape index (κ1) is 41.8. The van der Waals surface area contributed by atoms with Crippen LogP contribution in [-0.4, -0.2) is 13.8 Å². The largest absolute Gasteiger partial charge is 0.354 e. The topological polar surface area (TPSA) is 24.6 Å². The molecule has 0 saturated heterocycles. The van der Waals surface area contributed by atoms with Crippen molar-refractivity contribution in [2.45, 2.75) is 131 Å². The molecule has 5 heterocycles. The molecular weight excluding hydrogens is 867 g/mol. The van der Waals surface area contributed by atoms with Crippen LogP contribution < -0.4 is 0 Å². The predicted molar refractivity (Wildman–Crippen MR) is 292 cm³/mol. The molecule has 0 saturated carbocycles. The van der Waals surface area contributed by atoms with Gasteiger partial charge in [0, 0.05) is 75.0 Å². The van der Waals surface area contributed by atoms with Crippen LogP contribution in [0.4, 0.5) is 0 Å². The van der Waals surface area contributed by atoms with Gasteiger partial charge in [0.2, 0.25) is 0 Å². The average Bonchev–Trinajstić information content (AvgIpc) is 4.01. The molecule has 7 aromatic carbocycles. The van der Waals surface area contributed by atoms with E-state index < -0.39 is 0 Å². The molecule has 5 aromatic heterocycles. The zero-order chi connectivity index (χ0) is 46.7. The van der Waals surface area contributed by atoms with E-state index in [1.54, 1.807) is 0 Å². The summed E-state index contributed by atoms with van der Waals surface area (Å²) in [5.41, 5.74) is 19.2. The van der Waals surface area contributed by atoms with E-state index in [0.717, 1.165) is 4.47 Å². The first-order chi connectivity index (χ1) is 30.8. The third kappa shape index (κ3) is 5.66. The van der Waals surface area contributed by atoms with E-state index in [4.69, 9.17) is 0 Å². The molecule has 12 rings (SSSR count). The first-order valence-electron chi connectivity index (χ1n) is 24.0. The molecule has 0 spiro atoms. The van der Waals surface area contributed by atoms with Crippen LogP contribution in [0.2, 0.25) is 0 Å². The van der Waals surface area contributed by atoms with Crippen molar-refractivity contribution >= 4 is 114 Å². The summed E-state index contributed by atoms with van der Waals surface area (Å²) in [6.07, 6.45) is 0. The molecule has 1 N–H and O–H groups in total. The molecule has 3 nitrogen and oxygen atoms in total. The van der Waals surface area contributed by atoms with E-state index in [1.807, 2.05) is 0 Å². The zero-order valence-corrected chi connectivity index (χ0v) is 43.1. The molecular formula is C62H62BrN3. The maximum absolute atomic E-state index is 4.39. The van der Waals surface area contributed by atoms with Crippen LogP contribution in [0.3, 0.4) is 0 Å². The predicted octanol–water partition coefficient (Wildman–Crippen LogP) is 18.5. The molecule has 0 radical (unpaired) electrons. The molecule has 0 aliphatic heterocycles. The van der Waals surface area contributed by atoms with Gasteiger partial charge in [0.1, 0.15) is 0 Å². The molecule has 0 aliphatic carbocycles. The van der Waals surface area contributed by atoms with Gasteiger partial charge in [-0.25, -0.2) is 0 Å². The van der Waals surface area contributed by atoms with Gasteiger partial charge >= 0.3 is 0 Å². The second-order valence-electron chi connectivity index (χ2n) is 25.0. The Morgan fingerprint density at radius 1 is 0.364 bits per heavy atom. The second-order valence-corrected chi connectivity index (χ2v) is 25.8. The second kappa shape index (κ2) is 12.9. The molecule has 0 fully saturated rings. The zero-order valence-electron chi connectivity index (χ0n) is 41.5. The number of halogens is 1. The van der Waals surface area contributed by atoms with Crippen molar-refractivity contribution in [2.75, 3.05) is 0 Å². The fourth-order valence-corrected chi connectivity index (χ4v) is 12.1. The SMILES string of the molecule is CC(C)(C)c1ccc2[nH]c3c(-c4c(Br)cc5c6c7c8cc(C(C)(C)C)cc9c%10cc(C(C)(C)C)ccc%10n(c7ccc6n6c7ccc(C(C)(C)C)cc7c4c56)c98)cc(C(C)(C)C)cc3c2c1. The Kier molecular flexibility index (Phi) is 8.17. The van der Waals surface area contributed by atoms with E-state index in [1.165, 1.54) is 137 Å². The van der Waals surface area contributed by atoms with E-state index in [2.05, 4.69) is 231 Å². The highest BCUT2D eigenvalue weighted by molar-refractivity contribution is 9.10. The maximum atomic E-state index is 4.39. The number of rotatable bonds is 1. The molecule has 0 unspecified atom stereocenters. The Hall–Kier alpha value is -5.58. The van der Waals surface area contributed by atoms with Gasteiger partial charge in [0.05, 0.1) is 38.6 Å². The van der Waals surface area contributed by atoms with E-state index in [-0.39, 0.29) is 27.1 Å². The summed E-state index contributed by atoms with van der Waals surface area (Å²) in [5, 5.41) is 13.1. The molecule has 0 amide bonds. The standard InChI is InChI=1S/C62H62BrN3/c1-58(2,3)32-16-19-46-37(24-32)39-27-35(61(10,11)12)29-42(55(39)64-46)51-45(63)31-44-53-50(66-48-21-18-34(60(7,8)9)26-41(48)54(51)57(44)66)23-22-49-52(53)43-30-36(62(13,14)15)28-40-38-25-33(59(4,5)6)17-20-47(38)65(49)56(40)43/h16-31,64H,1-15H3. The number of hydrogen-bond donors (Lipinski definition) is 1. The van der Waals surface area contributed by atoms with Crippen molar-refractivity contribution < 1.29 is 0 Å². The summed E-state index contributed by atoms with van der Waals surface area (Å²) in [4.78, 5) is 4.00. The summed E-state index contributed by atoms with van der Waals surface area (Å²) < 4.78 is 6.30. The van der Waals surface area contributed by atoms with Crippen LogP contribution in [-0.2, 0) is 27.1 Å². The fourth-order valence-electron chi connectivity index (χ4n) is 11.4. The van der Waals surface area contributed by atoms with E-state index in [0.29, 0.717) is 0 Å². The van der Waals surface area contributed by atoms with Gasteiger partial charge in [-0.05, 0) is 134 Å². The Morgan fingerprint density at radius 2 is 0.788 bits per heavy atom. The maximum Gasteiger partial charge on any atom is 0.0627 e. The van der Waals surface area contributed by atoms with Gasteiger partial charge in [0.15, 0.2) is 0 Å². The van der Waals surface area contributed by atoms with Crippen LogP contribution in [0, 0.1) is 0 Å². The lowest BCUT2D eigenvalue weighted by Crippen LogP contribution is -2.11. The van der Waals surface area contributed by atoms with Crippen molar-refractivity contribution in [2.24, 2.45) is 0 Å². The van der Waals surface area contributed by atoms with Gasteiger partial charge in [0.25, 0.3) is 0 Å². The monoisotopic (exact) mass is 927 g/mol. The molecule has 66 heavy (non-hydrogen) atoms. The van der Waals surface area contributed by atoms with Gasteiger partial charge in [-0.3, -0.25) is 0 Å². The van der Waals surface area contributed by atoms with Crippen molar-refractivity contribution in [3.8, 4) is 11.1 Å². The normalized spacial score (nSPS) is 14.1. The summed E-state index contributed by atoms with van der Waals surface area (Å²) >= 11 is 4.39. The number of H-pyrrole nitrogens is 1. The van der Waals surface area contributed by atoms with Gasteiger partial charge < -0.3 is 13.8 Å². The van der Waals surface area contributed by atoms with Crippen LogP contribution in [0.15, 0.2) is 102 Å². The minimum Gasteiger partial charge on any atom is -0.354 e. The number of hydrogen-bond acceptors (Lipinski definition) is 0. The van der Waals surface area contributed by atoms with E-state index in [9.17, 15) is 0 Å². The van der Waals surface area contributed by atoms with Crippen LogP contribution in [0.25, 0.3) is 109 Å². The van der Waals surface area contributed by atoms with E-state index >= 15 is 0 Å². The summed E-state index contributed by atoms with van der Waals surface area (Å²) in [7, 11) is 0. The summed E-state index contributed by atoms with van der Waals surface area (Å²) in [5.74, 6) is 0. The quantitative estimate of drug-likeness (QED) is 0.170. The van der Waals surface area contributed by atoms with Crippen molar-refractivity contribution in [1.82, 2.24) is 13.8 Å². The smallest absolute Gasteiger partial charge is 0.0627 e. The summed E-state index contributed by atoms with van der Waals surface area (Å²) in [6, 6.07) is 38.7. The highest BCUT2D eigenvalue weighted by Crippen LogP contribution is 2.53. The Morgan fingerprint density at radius 3 is 1.36 bits per heavy atom. The highest BCUT2D eigenvalue weighted by Gasteiger charge is 2.31. The minimum atomic E-state index is -0.0696. The van der Waals surface area contributed by atoms with Gasteiger partial charge in [-0.1, -0.05) is 138 Å². The van der Waals surface area contributed by atoms with Crippen LogP contribution >= 0.6 is 15.9 Å². The Balaban J connectivity index is 1.28. The lowest BCUT2D eigenvalue weighted by atomic mass is 9.82. The average molecular weight is 929 g/mol. The lowest BCUT2D eigenvalue weighted by molar-refractivity contribution is 0.590. The van der Waals surface area contributed by atoms with Crippen molar-refractivity contribution in [3.05, 3.63) is 129 Å². The van der Waals surface area contributed by atoms with Gasteiger partial charge in [-0.2, -0.15) is 0 Å².